The second-order valence-electron chi connectivity index (χ2n) is 4.13. The summed E-state index contributed by atoms with van der Waals surface area (Å²) < 4.78 is 27.0. The third-order valence-electron chi connectivity index (χ3n) is 2.63. The van der Waals surface area contributed by atoms with Crippen LogP contribution in [0.3, 0.4) is 0 Å². The van der Waals surface area contributed by atoms with Gasteiger partial charge in [0.05, 0.1) is 16.3 Å². The largest absolute Gasteiger partial charge is 0.382 e. The van der Waals surface area contributed by atoms with Gasteiger partial charge in [0.25, 0.3) is 5.91 Å². The molecule has 0 unspecified atom stereocenters. The molecule has 0 aliphatic rings. The summed E-state index contributed by atoms with van der Waals surface area (Å²) >= 11 is 5.74. The van der Waals surface area contributed by atoms with Gasteiger partial charge in [-0.3, -0.25) is 4.79 Å². The van der Waals surface area contributed by atoms with E-state index in [0.29, 0.717) is 0 Å². The van der Waals surface area contributed by atoms with Crippen LogP contribution >= 0.6 is 11.6 Å². The molecule has 0 aliphatic heterocycles. The zero-order chi connectivity index (χ0) is 14.9. The van der Waals surface area contributed by atoms with Crippen LogP contribution in [0.2, 0.25) is 5.02 Å². The number of aryl methyl sites for hydroxylation is 1. The molecule has 0 saturated carbocycles. The SMILES string of the molecule is Cc1cc(F)c(NC(=O)c2cnc(N)c(Cl)c2)cc1F. The van der Waals surface area contributed by atoms with Crippen molar-refractivity contribution in [2.24, 2.45) is 0 Å². The van der Waals surface area contributed by atoms with Crippen LogP contribution in [0.4, 0.5) is 20.3 Å². The van der Waals surface area contributed by atoms with E-state index >= 15 is 0 Å². The Balaban J connectivity index is 2.27. The minimum Gasteiger partial charge on any atom is -0.382 e. The molecule has 1 aromatic heterocycles. The molecule has 104 valence electrons. The summed E-state index contributed by atoms with van der Waals surface area (Å²) in [5.74, 6) is -1.93. The number of benzene rings is 1. The van der Waals surface area contributed by atoms with E-state index in [2.05, 4.69) is 10.3 Å². The lowest BCUT2D eigenvalue weighted by Gasteiger charge is -2.08. The first kappa shape index (κ1) is 14.2. The van der Waals surface area contributed by atoms with Crippen molar-refractivity contribution in [2.75, 3.05) is 11.1 Å². The van der Waals surface area contributed by atoms with Crippen molar-refractivity contribution < 1.29 is 13.6 Å². The molecule has 3 N–H and O–H groups in total. The van der Waals surface area contributed by atoms with E-state index in [1.165, 1.54) is 19.2 Å². The Labute approximate surface area is 118 Å². The molecule has 1 heterocycles. The Bertz CT molecular complexity index is 692. The molecule has 0 bridgehead atoms. The number of amides is 1. The fourth-order valence-corrected chi connectivity index (χ4v) is 1.68. The molecular formula is C13H10ClF2N3O. The smallest absolute Gasteiger partial charge is 0.257 e. The first-order chi connectivity index (χ1) is 9.38. The van der Waals surface area contributed by atoms with Crippen molar-refractivity contribution in [3.8, 4) is 0 Å². The van der Waals surface area contributed by atoms with E-state index in [0.717, 1.165) is 12.1 Å². The van der Waals surface area contributed by atoms with Gasteiger partial charge >= 0.3 is 0 Å². The Morgan fingerprint density at radius 3 is 2.65 bits per heavy atom. The lowest BCUT2D eigenvalue weighted by atomic mass is 10.2. The molecule has 20 heavy (non-hydrogen) atoms. The molecule has 2 aromatic rings. The summed E-state index contributed by atoms with van der Waals surface area (Å²) in [6.45, 7) is 1.42. The molecule has 0 radical (unpaired) electrons. The maximum Gasteiger partial charge on any atom is 0.257 e. The lowest BCUT2D eigenvalue weighted by Crippen LogP contribution is -2.14. The Morgan fingerprint density at radius 1 is 1.30 bits per heavy atom. The number of hydrogen-bond donors (Lipinski definition) is 2. The number of rotatable bonds is 2. The van der Waals surface area contributed by atoms with Gasteiger partial charge in [-0.05, 0) is 24.6 Å². The normalized spacial score (nSPS) is 10.4. The second kappa shape index (κ2) is 5.42. The van der Waals surface area contributed by atoms with E-state index in [-0.39, 0.29) is 27.7 Å². The molecule has 2 rings (SSSR count). The van der Waals surface area contributed by atoms with Gasteiger partial charge in [0.15, 0.2) is 0 Å². The van der Waals surface area contributed by atoms with E-state index in [1.54, 1.807) is 0 Å². The Hall–Kier alpha value is -2.21. The van der Waals surface area contributed by atoms with Gasteiger partial charge in [-0.1, -0.05) is 11.6 Å². The molecule has 1 aromatic carbocycles. The van der Waals surface area contributed by atoms with Crippen molar-refractivity contribution >= 4 is 29.0 Å². The molecular weight excluding hydrogens is 288 g/mol. The maximum atomic E-state index is 13.6. The Morgan fingerprint density at radius 2 is 2.00 bits per heavy atom. The first-order valence-corrected chi connectivity index (χ1v) is 5.94. The number of carbonyl (C=O) groups is 1. The summed E-state index contributed by atoms with van der Waals surface area (Å²) in [5.41, 5.74) is 5.40. The molecule has 0 atom stereocenters. The number of carbonyl (C=O) groups excluding carboxylic acids is 1. The van der Waals surface area contributed by atoms with E-state index in [1.807, 2.05) is 0 Å². The number of nitrogens with two attached hydrogens (primary N) is 1. The predicted octanol–water partition coefficient (Wildman–Crippen LogP) is 3.16. The van der Waals surface area contributed by atoms with Crippen molar-refractivity contribution in [1.29, 1.82) is 0 Å². The van der Waals surface area contributed by atoms with Crippen LogP contribution in [0.15, 0.2) is 24.4 Å². The highest BCUT2D eigenvalue weighted by molar-refractivity contribution is 6.33. The summed E-state index contributed by atoms with van der Waals surface area (Å²) in [6, 6.07) is 3.20. The number of halogens is 3. The van der Waals surface area contributed by atoms with Gasteiger partial charge in [-0.15, -0.1) is 0 Å². The van der Waals surface area contributed by atoms with Crippen molar-refractivity contribution in [3.05, 3.63) is 52.2 Å². The van der Waals surface area contributed by atoms with Gasteiger partial charge in [0.1, 0.15) is 17.5 Å². The molecule has 7 heteroatoms. The topological polar surface area (TPSA) is 68.0 Å². The molecule has 0 saturated heterocycles. The quantitative estimate of drug-likeness (QED) is 0.894. The standard InChI is InChI=1S/C13H10ClF2N3O/c1-6-2-10(16)11(4-9(6)15)19-13(20)7-3-8(14)12(17)18-5-7/h2-5H,1H3,(H2,17,18)(H,19,20). The van der Waals surface area contributed by atoms with Gasteiger partial charge < -0.3 is 11.1 Å². The maximum absolute atomic E-state index is 13.6. The number of aromatic nitrogens is 1. The van der Waals surface area contributed by atoms with Crippen LogP contribution in [-0.2, 0) is 0 Å². The predicted molar refractivity (Wildman–Crippen MR) is 72.7 cm³/mol. The number of nitrogen functional groups attached to an aromatic ring is 1. The summed E-state index contributed by atoms with van der Waals surface area (Å²) in [6.07, 6.45) is 1.19. The number of anilines is 2. The summed E-state index contributed by atoms with van der Waals surface area (Å²) in [5, 5.41) is 2.35. The van der Waals surface area contributed by atoms with Crippen LogP contribution in [0.25, 0.3) is 0 Å². The van der Waals surface area contributed by atoms with Crippen molar-refractivity contribution in [1.82, 2.24) is 4.98 Å². The molecule has 1 amide bonds. The zero-order valence-corrected chi connectivity index (χ0v) is 11.1. The first-order valence-electron chi connectivity index (χ1n) is 5.56. The van der Waals surface area contributed by atoms with Crippen LogP contribution < -0.4 is 11.1 Å². The highest BCUT2D eigenvalue weighted by atomic mass is 35.5. The molecule has 0 aliphatic carbocycles. The van der Waals surface area contributed by atoms with Crippen molar-refractivity contribution in [2.45, 2.75) is 6.92 Å². The van der Waals surface area contributed by atoms with Gasteiger partial charge in [0, 0.05) is 12.3 Å². The second-order valence-corrected chi connectivity index (χ2v) is 4.53. The average molecular weight is 298 g/mol. The van der Waals surface area contributed by atoms with E-state index < -0.39 is 17.5 Å². The summed E-state index contributed by atoms with van der Waals surface area (Å²) in [7, 11) is 0. The zero-order valence-electron chi connectivity index (χ0n) is 10.4. The van der Waals surface area contributed by atoms with Crippen molar-refractivity contribution in [3.63, 3.8) is 0 Å². The average Bonchev–Trinajstić information content (AvgIpc) is 2.39. The fourth-order valence-electron chi connectivity index (χ4n) is 1.51. The molecule has 0 spiro atoms. The highest BCUT2D eigenvalue weighted by Crippen LogP contribution is 2.21. The van der Waals surface area contributed by atoms with E-state index in [9.17, 15) is 13.6 Å². The highest BCUT2D eigenvalue weighted by Gasteiger charge is 2.13. The minimum atomic E-state index is -0.730. The van der Waals surface area contributed by atoms with Crippen LogP contribution in [0.5, 0.6) is 0 Å². The lowest BCUT2D eigenvalue weighted by molar-refractivity contribution is 0.102. The Kier molecular flexibility index (Phi) is 3.85. The number of nitrogens with one attached hydrogen (secondary N) is 1. The van der Waals surface area contributed by atoms with Gasteiger partial charge in [-0.25, -0.2) is 13.8 Å². The molecule has 4 nitrogen and oxygen atoms in total. The monoisotopic (exact) mass is 297 g/mol. The summed E-state index contributed by atoms with van der Waals surface area (Å²) in [4.78, 5) is 15.6. The third-order valence-corrected chi connectivity index (χ3v) is 2.93. The van der Waals surface area contributed by atoms with Gasteiger partial charge in [-0.2, -0.15) is 0 Å². The fraction of sp³-hybridized carbons (Fsp3) is 0.0769. The third kappa shape index (κ3) is 2.85. The molecule has 0 fully saturated rings. The van der Waals surface area contributed by atoms with E-state index in [4.69, 9.17) is 17.3 Å². The van der Waals surface area contributed by atoms with Crippen LogP contribution in [0, 0.1) is 18.6 Å². The minimum absolute atomic E-state index is 0.0794. The van der Waals surface area contributed by atoms with Gasteiger partial charge in [0.2, 0.25) is 0 Å². The van der Waals surface area contributed by atoms with Crippen LogP contribution in [-0.4, -0.2) is 10.9 Å². The number of pyridine rings is 1. The van der Waals surface area contributed by atoms with Crippen LogP contribution in [0.1, 0.15) is 15.9 Å². The number of nitrogens with zero attached hydrogens (tertiary/aromatic N) is 1. The number of hydrogen-bond acceptors (Lipinski definition) is 3.